The van der Waals surface area contributed by atoms with Crippen LogP contribution in [0.3, 0.4) is 0 Å². The molecule has 8 heteroatoms. The zero-order valence-corrected chi connectivity index (χ0v) is 16.3. The molecule has 1 aromatic heterocycles. The van der Waals surface area contributed by atoms with Crippen LogP contribution in [0.25, 0.3) is 0 Å². The van der Waals surface area contributed by atoms with Gasteiger partial charge in [-0.2, -0.15) is 4.98 Å². The van der Waals surface area contributed by atoms with E-state index in [1.54, 1.807) is 25.3 Å². The maximum absolute atomic E-state index is 13.0. The molecule has 2 aromatic carbocycles. The number of ether oxygens (including phenoxy) is 1. The lowest BCUT2D eigenvalue weighted by molar-refractivity contribution is 0.409. The van der Waals surface area contributed by atoms with Crippen molar-refractivity contribution >= 4 is 34.8 Å². The minimum Gasteiger partial charge on any atom is -0.496 e. The summed E-state index contributed by atoms with van der Waals surface area (Å²) < 4.78 is 18.4. The number of anilines is 3. The summed E-state index contributed by atoms with van der Waals surface area (Å²) in [7, 11) is 1.63. The van der Waals surface area contributed by atoms with Crippen molar-refractivity contribution < 1.29 is 9.13 Å². The van der Waals surface area contributed by atoms with Gasteiger partial charge in [0.25, 0.3) is 0 Å². The van der Waals surface area contributed by atoms with E-state index in [1.807, 2.05) is 31.2 Å². The Morgan fingerprint density at radius 2 is 1.86 bits per heavy atom. The van der Waals surface area contributed by atoms with Gasteiger partial charge in [0, 0.05) is 29.6 Å². The van der Waals surface area contributed by atoms with Crippen molar-refractivity contribution in [2.45, 2.75) is 13.5 Å². The van der Waals surface area contributed by atoms with E-state index in [4.69, 9.17) is 17.0 Å². The Morgan fingerprint density at radius 3 is 2.61 bits per heavy atom. The second-order valence-corrected chi connectivity index (χ2v) is 6.38. The summed E-state index contributed by atoms with van der Waals surface area (Å²) in [5.41, 5.74) is 2.47. The van der Waals surface area contributed by atoms with Crippen molar-refractivity contribution in [3.05, 3.63) is 71.7 Å². The quantitative estimate of drug-likeness (QED) is 0.540. The van der Waals surface area contributed by atoms with Gasteiger partial charge in [-0.1, -0.05) is 18.2 Å². The number of aryl methyl sites for hydroxylation is 1. The number of nitrogens with one attached hydrogen (secondary N) is 3. The van der Waals surface area contributed by atoms with Crippen LogP contribution in [0.4, 0.5) is 21.8 Å². The van der Waals surface area contributed by atoms with Crippen molar-refractivity contribution in [2.75, 3.05) is 17.7 Å². The average Bonchev–Trinajstić information content (AvgIpc) is 2.68. The van der Waals surface area contributed by atoms with Gasteiger partial charge in [-0.05, 0) is 49.5 Å². The molecule has 0 atom stereocenters. The molecule has 0 radical (unpaired) electrons. The Bertz CT molecular complexity index is 965. The molecule has 0 aliphatic rings. The highest BCUT2D eigenvalue weighted by Gasteiger charge is 2.07. The molecule has 0 bridgehead atoms. The highest BCUT2D eigenvalue weighted by atomic mass is 32.1. The molecular weight excluding hydrogens is 377 g/mol. The molecule has 28 heavy (non-hydrogen) atoms. The SMILES string of the molecule is COc1ccccc1CNC(=S)Nc1nc(C)cc(Nc2ccc(F)cc2)n1. The van der Waals surface area contributed by atoms with Crippen molar-refractivity contribution in [1.82, 2.24) is 15.3 Å². The Balaban J connectivity index is 1.64. The maximum atomic E-state index is 13.0. The molecule has 0 saturated carbocycles. The Labute approximate surface area is 168 Å². The normalized spacial score (nSPS) is 10.2. The average molecular weight is 397 g/mol. The van der Waals surface area contributed by atoms with Crippen LogP contribution in [0.1, 0.15) is 11.3 Å². The maximum Gasteiger partial charge on any atom is 0.231 e. The largest absolute Gasteiger partial charge is 0.496 e. The number of rotatable bonds is 6. The number of nitrogens with zero attached hydrogens (tertiary/aromatic N) is 2. The molecule has 6 nitrogen and oxygen atoms in total. The minimum atomic E-state index is -0.293. The van der Waals surface area contributed by atoms with Crippen molar-refractivity contribution in [3.63, 3.8) is 0 Å². The highest BCUT2D eigenvalue weighted by Crippen LogP contribution is 2.18. The van der Waals surface area contributed by atoms with E-state index in [9.17, 15) is 4.39 Å². The Morgan fingerprint density at radius 1 is 1.11 bits per heavy atom. The van der Waals surface area contributed by atoms with Crippen LogP contribution in [0, 0.1) is 12.7 Å². The van der Waals surface area contributed by atoms with Crippen LogP contribution in [0.2, 0.25) is 0 Å². The monoisotopic (exact) mass is 397 g/mol. The molecule has 0 saturated heterocycles. The molecule has 144 valence electrons. The van der Waals surface area contributed by atoms with E-state index in [0.29, 0.717) is 23.4 Å². The van der Waals surface area contributed by atoms with Crippen molar-refractivity contribution in [2.24, 2.45) is 0 Å². The van der Waals surface area contributed by atoms with Crippen LogP contribution in [0.15, 0.2) is 54.6 Å². The number of hydrogen-bond acceptors (Lipinski definition) is 5. The van der Waals surface area contributed by atoms with Gasteiger partial charge in [0.2, 0.25) is 5.95 Å². The number of halogens is 1. The first-order valence-corrected chi connectivity index (χ1v) is 8.99. The van der Waals surface area contributed by atoms with Crippen LogP contribution >= 0.6 is 12.2 Å². The second kappa shape index (κ2) is 9.09. The van der Waals surface area contributed by atoms with Gasteiger partial charge in [0.1, 0.15) is 17.4 Å². The third-order valence-corrected chi connectivity index (χ3v) is 4.07. The Kier molecular flexibility index (Phi) is 6.33. The minimum absolute atomic E-state index is 0.293. The lowest BCUT2D eigenvalue weighted by Gasteiger charge is -2.13. The molecule has 0 fully saturated rings. The first-order chi connectivity index (χ1) is 13.5. The number of aromatic nitrogens is 2. The number of hydrogen-bond donors (Lipinski definition) is 3. The first-order valence-electron chi connectivity index (χ1n) is 8.58. The molecule has 0 aliphatic heterocycles. The standard InChI is InChI=1S/C20H20FN5OS/c1-13-11-18(24-16-9-7-15(21)8-10-16)25-19(23-13)26-20(28)22-12-14-5-3-4-6-17(14)27-2/h3-11H,12H2,1-2H3,(H3,22,23,24,25,26,28). The van der Waals surface area contributed by atoms with E-state index in [1.165, 1.54) is 12.1 Å². The summed E-state index contributed by atoms with van der Waals surface area (Å²) in [6.45, 7) is 2.36. The number of para-hydroxylation sites is 1. The molecule has 0 aliphatic carbocycles. The van der Waals surface area contributed by atoms with Crippen LogP contribution < -0.4 is 20.7 Å². The molecule has 3 rings (SSSR count). The summed E-state index contributed by atoms with van der Waals surface area (Å²) in [5, 5.41) is 9.61. The highest BCUT2D eigenvalue weighted by molar-refractivity contribution is 7.80. The third kappa shape index (κ3) is 5.37. The number of benzene rings is 2. The number of methoxy groups -OCH3 is 1. The summed E-state index contributed by atoms with van der Waals surface area (Å²) in [6, 6.07) is 15.5. The Hall–Kier alpha value is -3.26. The molecule has 3 N–H and O–H groups in total. The first kappa shape index (κ1) is 19.5. The van der Waals surface area contributed by atoms with E-state index < -0.39 is 0 Å². The summed E-state index contributed by atoms with van der Waals surface area (Å²) in [6.07, 6.45) is 0. The smallest absolute Gasteiger partial charge is 0.231 e. The van der Waals surface area contributed by atoms with Crippen molar-refractivity contribution in [1.29, 1.82) is 0 Å². The van der Waals surface area contributed by atoms with E-state index in [0.717, 1.165) is 22.7 Å². The number of thiocarbonyl (C=S) groups is 1. The molecule has 3 aromatic rings. The predicted molar refractivity (Wildman–Crippen MR) is 113 cm³/mol. The zero-order valence-electron chi connectivity index (χ0n) is 15.5. The fourth-order valence-electron chi connectivity index (χ4n) is 2.54. The van der Waals surface area contributed by atoms with Gasteiger partial charge in [0.05, 0.1) is 7.11 Å². The third-order valence-electron chi connectivity index (χ3n) is 3.83. The van der Waals surface area contributed by atoms with Gasteiger partial charge in [-0.25, -0.2) is 9.37 Å². The van der Waals surface area contributed by atoms with Gasteiger partial charge in [0.15, 0.2) is 5.11 Å². The van der Waals surface area contributed by atoms with Gasteiger partial charge in [-0.15, -0.1) is 0 Å². The predicted octanol–water partition coefficient (Wildman–Crippen LogP) is 4.16. The lowest BCUT2D eigenvalue weighted by atomic mass is 10.2. The lowest BCUT2D eigenvalue weighted by Crippen LogP contribution is -2.29. The zero-order chi connectivity index (χ0) is 19.9. The van der Waals surface area contributed by atoms with Gasteiger partial charge < -0.3 is 20.7 Å². The van der Waals surface area contributed by atoms with E-state index >= 15 is 0 Å². The van der Waals surface area contributed by atoms with Gasteiger partial charge >= 0.3 is 0 Å². The van der Waals surface area contributed by atoms with Crippen LogP contribution in [-0.2, 0) is 6.54 Å². The fraction of sp³-hybridized carbons (Fsp3) is 0.150. The second-order valence-electron chi connectivity index (χ2n) is 5.97. The summed E-state index contributed by atoms with van der Waals surface area (Å²) >= 11 is 5.34. The molecule has 0 unspecified atom stereocenters. The molecular formula is C20H20FN5OS. The van der Waals surface area contributed by atoms with Crippen molar-refractivity contribution in [3.8, 4) is 5.75 Å². The van der Waals surface area contributed by atoms with Crippen LogP contribution in [-0.4, -0.2) is 22.2 Å². The fourth-order valence-corrected chi connectivity index (χ4v) is 2.70. The van der Waals surface area contributed by atoms with Gasteiger partial charge in [-0.3, -0.25) is 0 Å². The summed E-state index contributed by atoms with van der Waals surface area (Å²) in [4.78, 5) is 8.74. The van der Waals surface area contributed by atoms with Crippen LogP contribution in [0.5, 0.6) is 5.75 Å². The molecule has 0 spiro atoms. The topological polar surface area (TPSA) is 71.1 Å². The van der Waals surface area contributed by atoms with E-state index in [-0.39, 0.29) is 5.82 Å². The molecule has 0 amide bonds. The summed E-state index contributed by atoms with van der Waals surface area (Å²) in [5.74, 6) is 1.44. The molecule has 1 heterocycles. The van der Waals surface area contributed by atoms with E-state index in [2.05, 4.69) is 25.9 Å².